The quantitative estimate of drug-likeness (QED) is 0.708. The fraction of sp³-hybridized carbons (Fsp3) is 0.300. The van der Waals surface area contributed by atoms with Crippen LogP contribution in [0.4, 0.5) is 0 Å². The molecule has 1 aromatic carbocycles. The van der Waals surface area contributed by atoms with E-state index >= 15 is 0 Å². The number of carbonyl (C=O) groups is 1. The van der Waals surface area contributed by atoms with Crippen molar-refractivity contribution in [2.75, 3.05) is 0 Å². The van der Waals surface area contributed by atoms with Crippen molar-refractivity contribution in [2.45, 2.75) is 19.3 Å². The molecule has 0 aliphatic heterocycles. The van der Waals surface area contributed by atoms with Gasteiger partial charge < -0.3 is 5.11 Å². The van der Waals surface area contributed by atoms with Crippen LogP contribution in [0.5, 0.6) is 0 Å². The molecule has 0 atom stereocenters. The molecule has 0 spiro atoms. The lowest BCUT2D eigenvalue weighted by atomic mass is 10.1. The highest BCUT2D eigenvalue weighted by Gasteiger charge is 1.96. The standard InChI is InChI=1S/C10H12O2.H2O4S/c11-10(12)8-4-7-9-5-2-1-3-6-9;1-5(2,3)4/h1-3,5-6H,4,7-8H2,(H,11,12);(H2,1,2,3,4). The van der Waals surface area contributed by atoms with Gasteiger partial charge in [0.2, 0.25) is 0 Å². The van der Waals surface area contributed by atoms with Crippen LogP contribution < -0.4 is 0 Å². The minimum Gasteiger partial charge on any atom is -0.481 e. The molecule has 6 nitrogen and oxygen atoms in total. The van der Waals surface area contributed by atoms with Crippen molar-refractivity contribution in [1.29, 1.82) is 0 Å². The summed E-state index contributed by atoms with van der Waals surface area (Å²) in [6.07, 6.45) is 1.83. The number of benzene rings is 1. The molecule has 0 aliphatic rings. The molecular formula is C10H14O6S. The maximum Gasteiger partial charge on any atom is 0.394 e. The second-order valence-corrected chi connectivity index (χ2v) is 4.08. The average Bonchev–Trinajstić information content (AvgIpc) is 2.16. The summed E-state index contributed by atoms with van der Waals surface area (Å²) in [5, 5.41) is 8.39. The van der Waals surface area contributed by atoms with E-state index in [1.54, 1.807) is 0 Å². The van der Waals surface area contributed by atoms with Gasteiger partial charge in [-0.05, 0) is 18.4 Å². The molecule has 17 heavy (non-hydrogen) atoms. The van der Waals surface area contributed by atoms with Gasteiger partial charge in [0.25, 0.3) is 0 Å². The van der Waals surface area contributed by atoms with Gasteiger partial charge in [-0.2, -0.15) is 8.42 Å². The van der Waals surface area contributed by atoms with Crippen molar-refractivity contribution in [1.82, 2.24) is 0 Å². The summed E-state index contributed by atoms with van der Waals surface area (Å²) in [7, 11) is -4.67. The van der Waals surface area contributed by atoms with Gasteiger partial charge in [-0.25, -0.2) is 0 Å². The van der Waals surface area contributed by atoms with Gasteiger partial charge in [0.1, 0.15) is 0 Å². The summed E-state index contributed by atoms with van der Waals surface area (Å²) >= 11 is 0. The summed E-state index contributed by atoms with van der Waals surface area (Å²) in [5.41, 5.74) is 1.21. The molecule has 0 fully saturated rings. The van der Waals surface area contributed by atoms with E-state index in [1.165, 1.54) is 5.56 Å². The topological polar surface area (TPSA) is 112 Å². The normalized spacial score (nSPS) is 10.2. The highest BCUT2D eigenvalue weighted by molar-refractivity contribution is 7.79. The molecule has 0 saturated carbocycles. The summed E-state index contributed by atoms with van der Waals surface area (Å²) in [5.74, 6) is -0.717. The van der Waals surface area contributed by atoms with Gasteiger partial charge in [-0.1, -0.05) is 30.3 Å². The maximum atomic E-state index is 10.2. The Morgan fingerprint density at radius 3 is 2.00 bits per heavy atom. The molecule has 0 bridgehead atoms. The van der Waals surface area contributed by atoms with Crippen LogP contribution in [-0.4, -0.2) is 28.6 Å². The lowest BCUT2D eigenvalue weighted by Crippen LogP contribution is -1.95. The zero-order valence-electron chi connectivity index (χ0n) is 8.98. The Balaban J connectivity index is 0.000000437. The lowest BCUT2D eigenvalue weighted by molar-refractivity contribution is -0.137. The summed E-state index contributed by atoms with van der Waals surface area (Å²) in [6.45, 7) is 0. The van der Waals surface area contributed by atoms with Crippen molar-refractivity contribution < 1.29 is 27.4 Å². The number of rotatable bonds is 4. The number of aliphatic carboxylic acids is 1. The number of aryl methyl sites for hydroxylation is 1. The molecule has 96 valence electrons. The van der Waals surface area contributed by atoms with E-state index in [0.717, 1.165) is 12.8 Å². The van der Waals surface area contributed by atoms with Crippen LogP contribution >= 0.6 is 0 Å². The first-order valence-electron chi connectivity index (χ1n) is 4.74. The van der Waals surface area contributed by atoms with E-state index in [4.69, 9.17) is 22.6 Å². The molecule has 0 radical (unpaired) electrons. The highest BCUT2D eigenvalue weighted by Crippen LogP contribution is 2.03. The minimum atomic E-state index is -4.67. The van der Waals surface area contributed by atoms with Crippen LogP contribution in [0.25, 0.3) is 0 Å². The predicted molar refractivity (Wildman–Crippen MR) is 61.2 cm³/mol. The van der Waals surface area contributed by atoms with Crippen molar-refractivity contribution in [3.8, 4) is 0 Å². The second-order valence-electron chi connectivity index (χ2n) is 3.18. The second kappa shape index (κ2) is 7.77. The third-order valence-electron chi connectivity index (χ3n) is 1.70. The average molecular weight is 262 g/mol. The van der Waals surface area contributed by atoms with Crippen molar-refractivity contribution in [2.24, 2.45) is 0 Å². The number of hydrogen-bond acceptors (Lipinski definition) is 3. The molecule has 0 heterocycles. The first-order chi connectivity index (χ1) is 7.79. The third kappa shape index (κ3) is 14.6. The van der Waals surface area contributed by atoms with Crippen LogP contribution in [0.1, 0.15) is 18.4 Å². The lowest BCUT2D eigenvalue weighted by Gasteiger charge is -1.97. The SMILES string of the molecule is O=C(O)CCCc1ccccc1.O=S(=O)(O)O. The van der Waals surface area contributed by atoms with Crippen molar-refractivity contribution in [3.63, 3.8) is 0 Å². The molecule has 1 rings (SSSR count). The van der Waals surface area contributed by atoms with E-state index in [2.05, 4.69) is 0 Å². The van der Waals surface area contributed by atoms with E-state index < -0.39 is 16.4 Å². The molecule has 1 aromatic rings. The van der Waals surface area contributed by atoms with Crippen LogP contribution in [0, 0.1) is 0 Å². The Morgan fingerprint density at radius 2 is 1.59 bits per heavy atom. The Kier molecular flexibility index (Phi) is 7.11. The van der Waals surface area contributed by atoms with Gasteiger partial charge in [0.15, 0.2) is 0 Å². The molecule has 0 aromatic heterocycles. The summed E-state index contributed by atoms with van der Waals surface area (Å²) in [4.78, 5) is 10.2. The molecule has 0 saturated heterocycles. The molecule has 0 aliphatic carbocycles. The van der Waals surface area contributed by atoms with Crippen molar-refractivity contribution >= 4 is 16.4 Å². The zero-order chi connectivity index (χ0) is 13.3. The van der Waals surface area contributed by atoms with Gasteiger partial charge in [-0.15, -0.1) is 0 Å². The van der Waals surface area contributed by atoms with E-state index in [9.17, 15) is 4.79 Å². The van der Waals surface area contributed by atoms with Gasteiger partial charge >= 0.3 is 16.4 Å². The zero-order valence-corrected chi connectivity index (χ0v) is 9.80. The molecule has 7 heteroatoms. The summed E-state index contributed by atoms with van der Waals surface area (Å²) < 4.78 is 31.6. The predicted octanol–water partition coefficient (Wildman–Crippen LogP) is 1.44. The molecular weight excluding hydrogens is 248 g/mol. The monoisotopic (exact) mass is 262 g/mol. The molecule has 3 N–H and O–H groups in total. The van der Waals surface area contributed by atoms with Crippen LogP contribution in [0.2, 0.25) is 0 Å². The third-order valence-corrected chi connectivity index (χ3v) is 1.70. The first kappa shape index (κ1) is 15.6. The molecule has 0 amide bonds. The Hall–Kier alpha value is -1.44. The number of hydrogen-bond donors (Lipinski definition) is 3. The van der Waals surface area contributed by atoms with Gasteiger partial charge in [0.05, 0.1) is 0 Å². The van der Waals surface area contributed by atoms with Crippen LogP contribution in [0.3, 0.4) is 0 Å². The smallest absolute Gasteiger partial charge is 0.394 e. The summed E-state index contributed by atoms with van der Waals surface area (Å²) in [6, 6.07) is 9.93. The van der Waals surface area contributed by atoms with Gasteiger partial charge in [-0.3, -0.25) is 13.9 Å². The fourth-order valence-corrected chi connectivity index (χ4v) is 1.09. The van der Waals surface area contributed by atoms with Crippen LogP contribution in [-0.2, 0) is 21.6 Å². The minimum absolute atomic E-state index is 0.259. The van der Waals surface area contributed by atoms with Crippen LogP contribution in [0.15, 0.2) is 30.3 Å². The van der Waals surface area contributed by atoms with Gasteiger partial charge in [0, 0.05) is 6.42 Å². The Bertz CT molecular complexity index is 417. The van der Waals surface area contributed by atoms with E-state index in [0.29, 0.717) is 0 Å². The molecule has 0 unspecified atom stereocenters. The highest BCUT2D eigenvalue weighted by atomic mass is 32.3. The Morgan fingerprint density at radius 1 is 1.12 bits per heavy atom. The number of carboxylic acid groups (broad SMARTS) is 1. The first-order valence-corrected chi connectivity index (χ1v) is 6.14. The van der Waals surface area contributed by atoms with E-state index in [1.807, 2.05) is 30.3 Å². The maximum absolute atomic E-state index is 10.2. The largest absolute Gasteiger partial charge is 0.481 e. The Labute approximate surface area is 99.5 Å². The fourth-order valence-electron chi connectivity index (χ4n) is 1.09. The van der Waals surface area contributed by atoms with Crippen molar-refractivity contribution in [3.05, 3.63) is 35.9 Å². The number of carboxylic acids is 1. The van der Waals surface area contributed by atoms with E-state index in [-0.39, 0.29) is 6.42 Å².